The Hall–Kier alpha value is -3.23. The molecule has 0 spiro atoms. The van der Waals surface area contributed by atoms with E-state index in [0.717, 1.165) is 42.7 Å². The number of ether oxygens (including phenoxy) is 3. The molecule has 2 amide bonds. The van der Waals surface area contributed by atoms with Crippen molar-refractivity contribution in [2.75, 3.05) is 13.2 Å². The van der Waals surface area contributed by atoms with Crippen LogP contribution in [0, 0.1) is 0 Å². The van der Waals surface area contributed by atoms with Gasteiger partial charge in [0, 0.05) is 10.6 Å². The van der Waals surface area contributed by atoms with Crippen LogP contribution in [0.4, 0.5) is 9.18 Å². The lowest BCUT2D eigenvalue weighted by atomic mass is 10.1. The fraction of sp³-hybridized carbons (Fsp3) is 0.286. The minimum Gasteiger partial charge on any atom is -0.494 e. The van der Waals surface area contributed by atoms with Crippen molar-refractivity contribution < 1.29 is 28.2 Å². The number of rotatable bonds is 12. The molecule has 1 aliphatic rings. The molecule has 3 aromatic carbocycles. The number of carbonyl (C=O) groups is 2. The number of benzene rings is 3. The van der Waals surface area contributed by atoms with Crippen molar-refractivity contribution in [1.29, 1.82) is 0 Å². The molecule has 1 aliphatic heterocycles. The number of thioether (sulfide) groups is 1. The van der Waals surface area contributed by atoms with E-state index in [1.807, 2.05) is 35.6 Å². The highest BCUT2D eigenvalue weighted by Crippen LogP contribution is 2.43. The highest BCUT2D eigenvalue weighted by atomic mass is 35.5. The van der Waals surface area contributed by atoms with E-state index in [1.165, 1.54) is 12.1 Å². The van der Waals surface area contributed by atoms with Gasteiger partial charge in [0.25, 0.3) is 16.1 Å². The highest BCUT2D eigenvalue weighted by Gasteiger charge is 2.50. The summed E-state index contributed by atoms with van der Waals surface area (Å²) in [6.07, 6.45) is 3.32. The zero-order chi connectivity index (χ0) is 26.3. The average molecular weight is 544 g/mol. The number of halogens is 2. The van der Waals surface area contributed by atoms with Gasteiger partial charge >= 0.3 is 0 Å². The van der Waals surface area contributed by atoms with Gasteiger partial charge in [-0.15, -0.1) is 0 Å². The normalized spacial score (nSPS) is 16.9. The molecule has 6 nitrogen and oxygen atoms in total. The molecule has 1 N–H and O–H groups in total. The fourth-order valence-corrected chi connectivity index (χ4v) is 4.70. The summed E-state index contributed by atoms with van der Waals surface area (Å²) in [6, 6.07) is 19.2. The van der Waals surface area contributed by atoms with E-state index in [4.69, 9.17) is 25.8 Å². The van der Waals surface area contributed by atoms with Crippen LogP contribution in [0.2, 0.25) is 5.02 Å². The molecule has 1 atom stereocenters. The van der Waals surface area contributed by atoms with E-state index in [2.05, 4.69) is 6.92 Å². The molecule has 0 radical (unpaired) electrons. The van der Waals surface area contributed by atoms with Crippen LogP contribution in [0.3, 0.4) is 0 Å². The van der Waals surface area contributed by atoms with Crippen molar-refractivity contribution in [3.63, 3.8) is 0 Å². The Balaban J connectivity index is 1.25. The summed E-state index contributed by atoms with van der Waals surface area (Å²) in [4.78, 5) is 23.2. The predicted molar refractivity (Wildman–Crippen MR) is 143 cm³/mol. The second-order valence-corrected chi connectivity index (χ2v) is 10.0. The SMILES string of the molecule is CCCc1cc(Oc2ccc(Cl)cc2)ccc1OCCCCOc1cccc(C2(F)SC(=O)NC2=O)c1. The molecular weight excluding hydrogens is 517 g/mol. The quantitative estimate of drug-likeness (QED) is 0.239. The molecular formula is C28H27ClFNO5S. The third-order valence-corrected chi connectivity index (χ3v) is 6.85. The molecule has 0 aromatic heterocycles. The standard InChI is InChI=1S/C28H27ClFNO5S/c1-2-6-19-17-24(36-22-11-9-21(29)10-12-22)13-14-25(19)35-16-4-3-15-34-23-8-5-7-20(18-23)28(30)26(32)31-27(33)37-28/h5,7-14,17-18H,2-4,6,15-16H2,1H3,(H,31,32,33). The van der Waals surface area contributed by atoms with Crippen LogP contribution < -0.4 is 19.5 Å². The molecule has 0 aliphatic carbocycles. The highest BCUT2D eigenvalue weighted by molar-refractivity contribution is 8.15. The van der Waals surface area contributed by atoms with Crippen LogP contribution in [-0.2, 0) is 16.2 Å². The molecule has 194 valence electrons. The maximum Gasteiger partial charge on any atom is 0.289 e. The first-order valence-electron chi connectivity index (χ1n) is 12.0. The number of carbonyl (C=O) groups excluding carboxylic acids is 2. The lowest BCUT2D eigenvalue weighted by Gasteiger charge is -2.16. The summed E-state index contributed by atoms with van der Waals surface area (Å²) in [5, 5.41) is -0.505. The van der Waals surface area contributed by atoms with Crippen LogP contribution in [-0.4, -0.2) is 24.4 Å². The Kier molecular flexibility index (Phi) is 8.95. The van der Waals surface area contributed by atoms with E-state index < -0.39 is 16.1 Å². The Bertz CT molecular complexity index is 1260. The van der Waals surface area contributed by atoms with Gasteiger partial charge in [-0.05, 0) is 91.2 Å². The van der Waals surface area contributed by atoms with E-state index in [-0.39, 0.29) is 5.56 Å². The maximum absolute atomic E-state index is 15.0. The number of unbranched alkanes of at least 4 members (excludes halogenated alkanes) is 1. The fourth-order valence-electron chi connectivity index (χ4n) is 3.79. The summed E-state index contributed by atoms with van der Waals surface area (Å²) in [7, 11) is 0. The average Bonchev–Trinajstić information content (AvgIpc) is 3.16. The first-order valence-corrected chi connectivity index (χ1v) is 13.2. The Morgan fingerprint density at radius 2 is 1.65 bits per heavy atom. The number of amides is 2. The van der Waals surface area contributed by atoms with Gasteiger partial charge in [0.1, 0.15) is 23.0 Å². The summed E-state index contributed by atoms with van der Waals surface area (Å²) in [5.41, 5.74) is 1.16. The predicted octanol–water partition coefficient (Wildman–Crippen LogP) is 7.43. The monoisotopic (exact) mass is 543 g/mol. The van der Waals surface area contributed by atoms with Gasteiger partial charge in [-0.3, -0.25) is 14.9 Å². The van der Waals surface area contributed by atoms with Gasteiger partial charge in [0.05, 0.1) is 13.2 Å². The van der Waals surface area contributed by atoms with Gasteiger partial charge in [-0.1, -0.05) is 37.1 Å². The van der Waals surface area contributed by atoms with Crippen molar-refractivity contribution in [1.82, 2.24) is 5.32 Å². The van der Waals surface area contributed by atoms with E-state index in [9.17, 15) is 9.59 Å². The molecule has 1 heterocycles. The van der Waals surface area contributed by atoms with Crippen molar-refractivity contribution in [2.24, 2.45) is 0 Å². The summed E-state index contributed by atoms with van der Waals surface area (Å²) in [6.45, 7) is 3.04. The third-order valence-electron chi connectivity index (χ3n) is 5.61. The van der Waals surface area contributed by atoms with Crippen LogP contribution in [0.5, 0.6) is 23.0 Å². The Morgan fingerprint density at radius 1 is 0.919 bits per heavy atom. The number of aryl methyl sites for hydroxylation is 1. The largest absolute Gasteiger partial charge is 0.494 e. The van der Waals surface area contributed by atoms with Crippen molar-refractivity contribution in [3.05, 3.63) is 82.9 Å². The van der Waals surface area contributed by atoms with Crippen molar-refractivity contribution in [2.45, 2.75) is 37.6 Å². The van der Waals surface area contributed by atoms with E-state index in [1.54, 1.807) is 24.3 Å². The minimum atomic E-state index is -2.43. The summed E-state index contributed by atoms with van der Waals surface area (Å²) >= 11 is 6.27. The van der Waals surface area contributed by atoms with Crippen LogP contribution >= 0.6 is 23.4 Å². The van der Waals surface area contributed by atoms with Gasteiger partial charge in [0.2, 0.25) is 0 Å². The number of nitrogens with one attached hydrogen (secondary N) is 1. The number of alkyl halides is 1. The van der Waals surface area contributed by atoms with Gasteiger partial charge in [0.15, 0.2) is 0 Å². The molecule has 1 fully saturated rings. The third kappa shape index (κ3) is 6.96. The molecule has 9 heteroatoms. The molecule has 0 bridgehead atoms. The van der Waals surface area contributed by atoms with Crippen molar-refractivity contribution in [3.8, 4) is 23.0 Å². The molecule has 37 heavy (non-hydrogen) atoms. The summed E-state index contributed by atoms with van der Waals surface area (Å²) in [5.74, 6) is 1.75. The van der Waals surface area contributed by atoms with Crippen molar-refractivity contribution >= 4 is 34.5 Å². The molecule has 3 aromatic rings. The smallest absolute Gasteiger partial charge is 0.289 e. The number of imide groups is 1. The number of hydrogen-bond acceptors (Lipinski definition) is 6. The van der Waals surface area contributed by atoms with E-state index >= 15 is 4.39 Å². The second-order valence-electron chi connectivity index (χ2n) is 8.45. The molecule has 1 unspecified atom stereocenters. The second kappa shape index (κ2) is 12.3. The molecule has 4 rings (SSSR count). The van der Waals surface area contributed by atoms with Crippen LogP contribution in [0.15, 0.2) is 66.7 Å². The van der Waals surface area contributed by atoms with E-state index in [0.29, 0.717) is 41.5 Å². The zero-order valence-corrected chi connectivity index (χ0v) is 21.9. The zero-order valence-electron chi connectivity index (χ0n) is 20.3. The molecule has 0 saturated carbocycles. The van der Waals surface area contributed by atoms with Crippen LogP contribution in [0.1, 0.15) is 37.3 Å². The topological polar surface area (TPSA) is 73.9 Å². The van der Waals surface area contributed by atoms with Gasteiger partial charge in [-0.2, -0.15) is 0 Å². The Labute approximate surface area is 224 Å². The maximum atomic E-state index is 15.0. The minimum absolute atomic E-state index is 0.0774. The first-order chi connectivity index (χ1) is 17.9. The van der Waals surface area contributed by atoms with Crippen LogP contribution in [0.25, 0.3) is 0 Å². The Morgan fingerprint density at radius 3 is 2.35 bits per heavy atom. The number of hydrogen-bond donors (Lipinski definition) is 1. The summed E-state index contributed by atoms with van der Waals surface area (Å²) < 4.78 is 32.7. The lowest BCUT2D eigenvalue weighted by Crippen LogP contribution is -2.30. The molecule has 1 saturated heterocycles. The van der Waals surface area contributed by atoms with Gasteiger partial charge < -0.3 is 14.2 Å². The first kappa shape index (κ1) is 26.8. The lowest BCUT2D eigenvalue weighted by molar-refractivity contribution is -0.126. The van der Waals surface area contributed by atoms with Gasteiger partial charge in [-0.25, -0.2) is 4.39 Å².